The molecule has 0 atom stereocenters. The van der Waals surface area contributed by atoms with Gasteiger partial charge in [0.25, 0.3) is 5.91 Å². The van der Waals surface area contributed by atoms with Gasteiger partial charge < -0.3 is 10.3 Å². The molecule has 0 fully saturated rings. The number of H-pyrrole nitrogens is 2. The van der Waals surface area contributed by atoms with Crippen molar-refractivity contribution in [2.24, 2.45) is 0 Å². The number of ketones is 1. The zero-order valence-corrected chi connectivity index (χ0v) is 16.4. The molecule has 0 bridgehead atoms. The minimum Gasteiger partial charge on any atom is -0.356 e. The summed E-state index contributed by atoms with van der Waals surface area (Å²) < 4.78 is 27.4. The van der Waals surface area contributed by atoms with Crippen LogP contribution in [-0.2, 0) is 6.54 Å². The fourth-order valence-corrected chi connectivity index (χ4v) is 3.16. The van der Waals surface area contributed by atoms with E-state index in [-0.39, 0.29) is 28.9 Å². The maximum Gasteiger partial charge on any atom is 0.268 e. The number of benzene rings is 1. The Morgan fingerprint density at radius 2 is 1.94 bits per heavy atom. The minimum atomic E-state index is -0.947. The molecule has 3 heterocycles. The van der Waals surface area contributed by atoms with Crippen molar-refractivity contribution < 1.29 is 18.4 Å². The van der Waals surface area contributed by atoms with Crippen LogP contribution >= 0.6 is 0 Å². The van der Waals surface area contributed by atoms with Crippen molar-refractivity contribution in [2.75, 3.05) is 0 Å². The summed E-state index contributed by atoms with van der Waals surface area (Å²) in [5, 5.41) is 9.70. The molecule has 0 radical (unpaired) electrons. The van der Waals surface area contributed by atoms with Crippen LogP contribution in [0.4, 0.5) is 8.78 Å². The van der Waals surface area contributed by atoms with Gasteiger partial charge in [-0.3, -0.25) is 19.7 Å². The Hall–Kier alpha value is -4.14. The monoisotopic (exact) mass is 421 g/mol. The number of pyridine rings is 1. The van der Waals surface area contributed by atoms with Gasteiger partial charge in [0.2, 0.25) is 0 Å². The Kier molecular flexibility index (Phi) is 5.40. The Labute approximate surface area is 175 Å². The number of halogens is 2. The van der Waals surface area contributed by atoms with Gasteiger partial charge in [0.05, 0.1) is 23.5 Å². The van der Waals surface area contributed by atoms with Crippen LogP contribution in [0.1, 0.15) is 37.7 Å². The molecule has 3 aromatic heterocycles. The third kappa shape index (κ3) is 4.25. The van der Waals surface area contributed by atoms with Gasteiger partial charge in [-0.05, 0) is 42.8 Å². The number of hydrogen-bond acceptors (Lipinski definition) is 4. The number of amides is 1. The predicted octanol–water partition coefficient (Wildman–Crippen LogP) is 3.55. The van der Waals surface area contributed by atoms with Crippen LogP contribution in [0.5, 0.6) is 0 Å². The molecule has 4 rings (SSSR count). The first-order chi connectivity index (χ1) is 14.9. The third-order valence-electron chi connectivity index (χ3n) is 4.67. The lowest BCUT2D eigenvalue weighted by Gasteiger charge is -2.05. The van der Waals surface area contributed by atoms with Crippen LogP contribution < -0.4 is 5.32 Å². The van der Waals surface area contributed by atoms with E-state index in [2.05, 4.69) is 25.5 Å². The molecule has 31 heavy (non-hydrogen) atoms. The van der Waals surface area contributed by atoms with Gasteiger partial charge in [-0.1, -0.05) is 6.07 Å². The van der Waals surface area contributed by atoms with Crippen LogP contribution in [0.3, 0.4) is 0 Å². The van der Waals surface area contributed by atoms with E-state index in [0.717, 1.165) is 6.07 Å². The first kappa shape index (κ1) is 20.1. The molecule has 1 amide bonds. The highest BCUT2D eigenvalue weighted by Crippen LogP contribution is 2.20. The molecular weight excluding hydrogens is 404 g/mol. The van der Waals surface area contributed by atoms with Crippen LogP contribution in [-0.4, -0.2) is 31.9 Å². The third-order valence-corrected chi connectivity index (χ3v) is 4.67. The van der Waals surface area contributed by atoms with Gasteiger partial charge in [-0.2, -0.15) is 5.10 Å². The topological polar surface area (TPSA) is 104 Å². The SMILES string of the molecule is Cc1cc(F)cc(F)c1C(=O)c1c[nH]c(C(=O)NCc2cc(-c3ccccn3)n[nH]2)c1. The van der Waals surface area contributed by atoms with E-state index < -0.39 is 23.3 Å². The Balaban J connectivity index is 1.43. The van der Waals surface area contributed by atoms with Crippen molar-refractivity contribution in [1.29, 1.82) is 0 Å². The molecule has 7 nitrogen and oxygen atoms in total. The number of aryl methyl sites for hydroxylation is 1. The summed E-state index contributed by atoms with van der Waals surface area (Å²) >= 11 is 0. The first-order valence-corrected chi connectivity index (χ1v) is 9.35. The first-order valence-electron chi connectivity index (χ1n) is 9.35. The minimum absolute atomic E-state index is 0.0951. The fraction of sp³-hybridized carbons (Fsp3) is 0.0909. The Morgan fingerprint density at radius 3 is 2.68 bits per heavy atom. The van der Waals surface area contributed by atoms with Crippen molar-refractivity contribution in [3.8, 4) is 11.4 Å². The molecule has 1 aromatic carbocycles. The number of aromatic nitrogens is 4. The quantitative estimate of drug-likeness (QED) is 0.414. The molecule has 0 unspecified atom stereocenters. The summed E-state index contributed by atoms with van der Waals surface area (Å²) in [6.07, 6.45) is 2.98. The molecule has 0 saturated heterocycles. The number of hydrogen-bond donors (Lipinski definition) is 3. The lowest BCUT2D eigenvalue weighted by Crippen LogP contribution is -2.23. The molecule has 0 saturated carbocycles. The summed E-state index contributed by atoms with van der Waals surface area (Å²) in [4.78, 5) is 32.0. The molecule has 0 spiro atoms. The van der Waals surface area contributed by atoms with Crippen molar-refractivity contribution in [3.63, 3.8) is 0 Å². The van der Waals surface area contributed by atoms with Gasteiger partial charge >= 0.3 is 0 Å². The van der Waals surface area contributed by atoms with Crippen LogP contribution in [0.25, 0.3) is 11.4 Å². The lowest BCUT2D eigenvalue weighted by atomic mass is 10.00. The zero-order valence-electron chi connectivity index (χ0n) is 16.4. The summed E-state index contributed by atoms with van der Waals surface area (Å²) in [7, 11) is 0. The molecule has 0 aliphatic rings. The number of carbonyl (C=O) groups is 2. The molecule has 0 aliphatic carbocycles. The second-order valence-electron chi connectivity index (χ2n) is 6.89. The maximum atomic E-state index is 14.1. The molecule has 156 valence electrons. The standard InChI is InChI=1S/C22H17F2N5O2/c1-12-6-14(23)8-16(24)20(12)21(30)13-7-19(26-10-13)22(31)27-11-15-9-18(29-28-15)17-4-2-3-5-25-17/h2-10,26H,11H2,1H3,(H,27,31)(H,28,29). The summed E-state index contributed by atoms with van der Waals surface area (Å²) in [6.45, 7) is 1.62. The predicted molar refractivity (Wildman–Crippen MR) is 108 cm³/mol. The largest absolute Gasteiger partial charge is 0.356 e. The normalized spacial score (nSPS) is 10.8. The zero-order chi connectivity index (χ0) is 22.0. The van der Waals surface area contributed by atoms with Gasteiger partial charge in [0.15, 0.2) is 5.78 Å². The summed E-state index contributed by atoms with van der Waals surface area (Å²) in [5.41, 5.74) is 2.19. The van der Waals surface area contributed by atoms with Crippen LogP contribution in [0.15, 0.2) is 54.9 Å². The highest BCUT2D eigenvalue weighted by atomic mass is 19.1. The Bertz CT molecular complexity index is 1240. The van der Waals surface area contributed by atoms with E-state index in [4.69, 9.17) is 0 Å². The second-order valence-corrected chi connectivity index (χ2v) is 6.89. The van der Waals surface area contributed by atoms with Crippen LogP contribution in [0.2, 0.25) is 0 Å². The lowest BCUT2D eigenvalue weighted by molar-refractivity contribution is 0.0946. The van der Waals surface area contributed by atoms with Crippen LogP contribution in [0, 0.1) is 18.6 Å². The second kappa shape index (κ2) is 8.31. The van der Waals surface area contributed by atoms with Gasteiger partial charge in [0.1, 0.15) is 23.0 Å². The van der Waals surface area contributed by atoms with Crippen molar-refractivity contribution in [3.05, 3.63) is 94.6 Å². The Morgan fingerprint density at radius 1 is 1.10 bits per heavy atom. The number of rotatable bonds is 6. The number of nitrogens with one attached hydrogen (secondary N) is 3. The van der Waals surface area contributed by atoms with E-state index in [1.54, 1.807) is 18.3 Å². The smallest absolute Gasteiger partial charge is 0.268 e. The number of aromatic amines is 2. The van der Waals surface area contributed by atoms with E-state index in [1.807, 2.05) is 12.1 Å². The average molecular weight is 421 g/mol. The maximum absolute atomic E-state index is 14.1. The fourth-order valence-electron chi connectivity index (χ4n) is 3.16. The van der Waals surface area contributed by atoms with Crippen molar-refractivity contribution in [1.82, 2.24) is 25.5 Å². The molecule has 9 heteroatoms. The average Bonchev–Trinajstić information content (AvgIpc) is 3.42. The highest BCUT2D eigenvalue weighted by molar-refractivity contribution is 6.11. The molecule has 4 aromatic rings. The van der Waals surface area contributed by atoms with Gasteiger partial charge in [0, 0.05) is 24.0 Å². The summed E-state index contributed by atoms with van der Waals surface area (Å²) in [5.74, 6) is -2.80. The van der Waals surface area contributed by atoms with Gasteiger partial charge in [-0.25, -0.2) is 8.78 Å². The van der Waals surface area contributed by atoms with E-state index in [1.165, 1.54) is 19.2 Å². The highest BCUT2D eigenvalue weighted by Gasteiger charge is 2.20. The van der Waals surface area contributed by atoms with Gasteiger partial charge in [-0.15, -0.1) is 0 Å². The summed E-state index contributed by atoms with van der Waals surface area (Å²) in [6, 6.07) is 10.3. The van der Waals surface area contributed by atoms with Crippen molar-refractivity contribution >= 4 is 11.7 Å². The van der Waals surface area contributed by atoms with E-state index >= 15 is 0 Å². The van der Waals surface area contributed by atoms with E-state index in [9.17, 15) is 18.4 Å². The molecular formula is C22H17F2N5O2. The van der Waals surface area contributed by atoms with Crippen molar-refractivity contribution in [2.45, 2.75) is 13.5 Å². The number of carbonyl (C=O) groups excluding carboxylic acids is 2. The van der Waals surface area contributed by atoms with E-state index in [0.29, 0.717) is 23.1 Å². The number of nitrogens with zero attached hydrogens (tertiary/aromatic N) is 2. The molecule has 3 N–H and O–H groups in total. The molecule has 0 aliphatic heterocycles.